The highest BCUT2D eigenvalue weighted by molar-refractivity contribution is 5.81. The van der Waals surface area contributed by atoms with Crippen molar-refractivity contribution in [2.75, 3.05) is 13.6 Å². The van der Waals surface area contributed by atoms with Crippen LogP contribution in [-0.4, -0.2) is 36.3 Å². The minimum absolute atomic E-state index is 0.0246. The van der Waals surface area contributed by atoms with Crippen LogP contribution in [-0.2, 0) is 9.59 Å². The van der Waals surface area contributed by atoms with Crippen LogP contribution in [0.15, 0.2) is 0 Å². The zero-order chi connectivity index (χ0) is 9.84. The van der Waals surface area contributed by atoms with Gasteiger partial charge in [-0.3, -0.25) is 9.59 Å². The Bertz CT molecular complexity index is 216. The monoisotopic (exact) mass is 184 g/mol. The number of hydrogen-bond donors (Lipinski definition) is 1. The van der Waals surface area contributed by atoms with E-state index in [1.165, 1.54) is 0 Å². The van der Waals surface area contributed by atoms with Crippen LogP contribution < -0.4 is 5.32 Å². The van der Waals surface area contributed by atoms with Crippen LogP contribution >= 0.6 is 0 Å². The molecule has 13 heavy (non-hydrogen) atoms. The Kier molecular flexibility index (Phi) is 3.28. The predicted octanol–water partition coefficient (Wildman–Crippen LogP) is 0.133. The second kappa shape index (κ2) is 4.25. The molecule has 1 rings (SSSR count). The van der Waals surface area contributed by atoms with Crippen molar-refractivity contribution in [3.8, 4) is 0 Å². The molecule has 0 radical (unpaired) electrons. The van der Waals surface area contributed by atoms with E-state index < -0.39 is 0 Å². The van der Waals surface area contributed by atoms with Crippen LogP contribution in [0.3, 0.4) is 0 Å². The van der Waals surface area contributed by atoms with Crippen LogP contribution in [0, 0.1) is 0 Å². The minimum Gasteiger partial charge on any atom is -0.351 e. The average Bonchev–Trinajstić information content (AvgIpc) is 2.31. The fourth-order valence-corrected chi connectivity index (χ4v) is 1.49. The van der Waals surface area contributed by atoms with Gasteiger partial charge in [0.2, 0.25) is 11.8 Å². The van der Waals surface area contributed by atoms with Crippen LogP contribution in [0.2, 0.25) is 0 Å². The predicted molar refractivity (Wildman–Crippen MR) is 49.1 cm³/mol. The summed E-state index contributed by atoms with van der Waals surface area (Å²) in [5, 5.41) is 2.84. The van der Waals surface area contributed by atoms with Crippen molar-refractivity contribution in [3.63, 3.8) is 0 Å². The summed E-state index contributed by atoms with van der Waals surface area (Å²) in [4.78, 5) is 23.9. The molecule has 4 nitrogen and oxygen atoms in total. The Labute approximate surface area is 78.3 Å². The highest BCUT2D eigenvalue weighted by Crippen LogP contribution is 2.08. The number of amides is 2. The molecule has 0 aromatic heterocycles. The van der Waals surface area contributed by atoms with Gasteiger partial charge in [0.15, 0.2) is 0 Å². The molecule has 4 heteroatoms. The van der Waals surface area contributed by atoms with E-state index in [1.807, 2.05) is 6.92 Å². The molecule has 1 heterocycles. The Morgan fingerprint density at radius 1 is 1.69 bits per heavy atom. The van der Waals surface area contributed by atoms with Crippen molar-refractivity contribution in [2.45, 2.75) is 32.2 Å². The normalized spacial score (nSPS) is 22.2. The van der Waals surface area contributed by atoms with Gasteiger partial charge in [-0.25, -0.2) is 0 Å². The van der Waals surface area contributed by atoms with Gasteiger partial charge in [-0.05, 0) is 6.42 Å². The van der Waals surface area contributed by atoms with Gasteiger partial charge in [-0.2, -0.15) is 0 Å². The van der Waals surface area contributed by atoms with Gasteiger partial charge in [-0.15, -0.1) is 0 Å². The second-order valence-corrected chi connectivity index (χ2v) is 3.49. The van der Waals surface area contributed by atoms with E-state index in [4.69, 9.17) is 0 Å². The minimum atomic E-state index is 0.0246. The average molecular weight is 184 g/mol. The molecular weight excluding hydrogens is 168 g/mol. The summed E-state index contributed by atoms with van der Waals surface area (Å²) in [6, 6.07) is 0.0246. The maximum absolute atomic E-state index is 11.2. The molecule has 1 aliphatic rings. The highest BCUT2D eigenvalue weighted by Gasteiger charge is 2.27. The van der Waals surface area contributed by atoms with Crippen LogP contribution in [0.4, 0.5) is 0 Å². The van der Waals surface area contributed by atoms with Crippen molar-refractivity contribution in [1.29, 1.82) is 0 Å². The molecule has 74 valence electrons. The molecule has 1 N–H and O–H groups in total. The summed E-state index contributed by atoms with van der Waals surface area (Å²) in [7, 11) is 1.76. The fraction of sp³-hybridized carbons (Fsp3) is 0.778. The largest absolute Gasteiger partial charge is 0.351 e. The quantitative estimate of drug-likeness (QED) is 0.678. The lowest BCUT2D eigenvalue weighted by molar-refractivity contribution is -0.126. The fourth-order valence-electron chi connectivity index (χ4n) is 1.49. The summed E-state index contributed by atoms with van der Waals surface area (Å²) in [6.07, 6.45) is 1.85. The third-order valence-electron chi connectivity index (χ3n) is 2.18. The van der Waals surface area contributed by atoms with Crippen molar-refractivity contribution in [3.05, 3.63) is 0 Å². The van der Waals surface area contributed by atoms with Gasteiger partial charge in [0.25, 0.3) is 0 Å². The second-order valence-electron chi connectivity index (χ2n) is 3.49. The first kappa shape index (κ1) is 10.0. The van der Waals surface area contributed by atoms with Gasteiger partial charge in [-0.1, -0.05) is 6.92 Å². The molecule has 0 bridgehead atoms. The topological polar surface area (TPSA) is 49.4 Å². The number of nitrogens with one attached hydrogen (secondary N) is 1. The first-order chi connectivity index (χ1) is 6.13. The summed E-state index contributed by atoms with van der Waals surface area (Å²) >= 11 is 0. The third-order valence-corrected chi connectivity index (χ3v) is 2.18. The Morgan fingerprint density at radius 3 is 2.85 bits per heavy atom. The van der Waals surface area contributed by atoms with Crippen molar-refractivity contribution >= 4 is 11.8 Å². The molecule has 1 fully saturated rings. The number of likely N-dealkylation sites (N-methyl/N-ethyl adjacent to an activating group) is 1. The lowest BCUT2D eigenvalue weighted by atomic mass is 10.2. The number of carbonyl (C=O) groups is 2. The number of rotatable bonds is 3. The number of likely N-dealkylation sites (tertiary alicyclic amines) is 1. The molecule has 0 spiro atoms. The maximum atomic E-state index is 11.2. The molecule has 1 saturated heterocycles. The van der Waals surface area contributed by atoms with E-state index in [9.17, 15) is 9.59 Å². The molecule has 1 aliphatic heterocycles. The van der Waals surface area contributed by atoms with E-state index >= 15 is 0 Å². The van der Waals surface area contributed by atoms with Crippen LogP contribution in [0.1, 0.15) is 26.2 Å². The molecule has 1 unspecified atom stereocenters. The Morgan fingerprint density at radius 2 is 2.38 bits per heavy atom. The summed E-state index contributed by atoms with van der Waals surface area (Å²) in [5.41, 5.74) is 0. The molecule has 0 aromatic rings. The first-order valence-electron chi connectivity index (χ1n) is 4.66. The van der Waals surface area contributed by atoms with E-state index in [0.717, 1.165) is 6.42 Å². The van der Waals surface area contributed by atoms with Gasteiger partial charge in [0.05, 0.1) is 6.04 Å². The van der Waals surface area contributed by atoms with E-state index in [2.05, 4.69) is 5.32 Å². The standard InChI is InChI=1S/C9H16N2O2/c1-3-4-8(12)10-7-5-9(13)11(2)6-7/h7H,3-6H2,1-2H3,(H,10,12). The first-order valence-corrected chi connectivity index (χ1v) is 4.66. The van der Waals surface area contributed by atoms with Crippen molar-refractivity contribution in [2.24, 2.45) is 0 Å². The lowest BCUT2D eigenvalue weighted by Gasteiger charge is -2.11. The zero-order valence-corrected chi connectivity index (χ0v) is 8.17. The number of nitrogens with zero attached hydrogens (tertiary/aromatic N) is 1. The summed E-state index contributed by atoms with van der Waals surface area (Å²) in [6.45, 7) is 2.61. The van der Waals surface area contributed by atoms with E-state index in [1.54, 1.807) is 11.9 Å². The maximum Gasteiger partial charge on any atom is 0.224 e. The van der Waals surface area contributed by atoms with Gasteiger partial charge < -0.3 is 10.2 Å². The number of hydrogen-bond acceptors (Lipinski definition) is 2. The van der Waals surface area contributed by atoms with E-state index in [-0.39, 0.29) is 17.9 Å². The smallest absolute Gasteiger partial charge is 0.224 e. The SMILES string of the molecule is CCCC(=O)NC1CC(=O)N(C)C1. The zero-order valence-electron chi connectivity index (χ0n) is 8.17. The molecule has 0 aromatic carbocycles. The molecule has 2 amide bonds. The van der Waals surface area contributed by atoms with Gasteiger partial charge in [0.1, 0.15) is 0 Å². The molecular formula is C9H16N2O2. The lowest BCUT2D eigenvalue weighted by Crippen LogP contribution is -2.36. The Hall–Kier alpha value is -1.06. The van der Waals surface area contributed by atoms with E-state index in [0.29, 0.717) is 19.4 Å². The summed E-state index contributed by atoms with van der Waals surface area (Å²) in [5.74, 6) is 0.164. The Balaban J connectivity index is 2.31. The van der Waals surface area contributed by atoms with Crippen molar-refractivity contribution in [1.82, 2.24) is 10.2 Å². The third kappa shape index (κ3) is 2.72. The molecule has 0 aliphatic carbocycles. The summed E-state index contributed by atoms with van der Waals surface area (Å²) < 4.78 is 0. The van der Waals surface area contributed by atoms with Gasteiger partial charge >= 0.3 is 0 Å². The van der Waals surface area contributed by atoms with Crippen molar-refractivity contribution < 1.29 is 9.59 Å². The van der Waals surface area contributed by atoms with Crippen LogP contribution in [0.25, 0.3) is 0 Å². The molecule has 1 atom stereocenters. The van der Waals surface area contributed by atoms with Crippen LogP contribution in [0.5, 0.6) is 0 Å². The number of carbonyl (C=O) groups excluding carboxylic acids is 2. The van der Waals surface area contributed by atoms with Gasteiger partial charge in [0, 0.05) is 26.4 Å². The molecule has 0 saturated carbocycles. The highest BCUT2D eigenvalue weighted by atomic mass is 16.2.